The van der Waals surface area contributed by atoms with Crippen LogP contribution in [0, 0.1) is 11.3 Å². The molecule has 0 saturated heterocycles. The maximum Gasteiger partial charge on any atom is 0.136 e. The quantitative estimate of drug-likeness (QED) is 0.771. The van der Waals surface area contributed by atoms with E-state index >= 15 is 0 Å². The Hall–Kier alpha value is -1.95. The molecular weight excluding hydrogens is 188 g/mol. The van der Waals surface area contributed by atoms with Gasteiger partial charge in [0.05, 0.1) is 11.8 Å². The van der Waals surface area contributed by atoms with Gasteiger partial charge in [-0.1, -0.05) is 12.1 Å². The molecular formula is C12H12N2O. The summed E-state index contributed by atoms with van der Waals surface area (Å²) in [5, 5.41) is 12.7. The molecule has 0 aliphatic heterocycles. The van der Waals surface area contributed by atoms with E-state index in [-0.39, 0.29) is 0 Å². The molecule has 0 aliphatic carbocycles. The number of hydrogen-bond acceptors (Lipinski definition) is 3. The van der Waals surface area contributed by atoms with Crippen molar-refractivity contribution >= 4 is 16.7 Å². The highest BCUT2D eigenvalue weighted by atomic mass is 16.3. The molecule has 0 spiro atoms. The number of nitrogens with zero attached hydrogens (tertiary/aromatic N) is 1. The zero-order chi connectivity index (χ0) is 10.5. The van der Waals surface area contributed by atoms with E-state index < -0.39 is 0 Å². The van der Waals surface area contributed by atoms with Gasteiger partial charge in [0, 0.05) is 18.4 Å². The maximum absolute atomic E-state index is 8.40. The number of fused-ring (bicyclic) bond motifs is 1. The van der Waals surface area contributed by atoms with E-state index in [2.05, 4.69) is 11.4 Å². The first-order valence-electron chi connectivity index (χ1n) is 4.99. The van der Waals surface area contributed by atoms with Gasteiger partial charge in [0.25, 0.3) is 0 Å². The molecule has 2 aromatic rings. The van der Waals surface area contributed by atoms with Crippen molar-refractivity contribution < 1.29 is 4.42 Å². The molecule has 1 aromatic carbocycles. The number of rotatable bonds is 4. The highest BCUT2D eigenvalue weighted by molar-refractivity contribution is 5.90. The molecule has 0 radical (unpaired) electrons. The summed E-state index contributed by atoms with van der Waals surface area (Å²) in [6.07, 6.45) is 3.16. The van der Waals surface area contributed by atoms with E-state index in [1.54, 1.807) is 6.26 Å². The number of nitriles is 1. The van der Waals surface area contributed by atoms with Crippen LogP contribution in [0.15, 0.2) is 34.9 Å². The van der Waals surface area contributed by atoms with Crippen LogP contribution in [0.4, 0.5) is 5.69 Å². The molecule has 0 saturated carbocycles. The lowest BCUT2D eigenvalue weighted by Gasteiger charge is -2.00. The van der Waals surface area contributed by atoms with Crippen molar-refractivity contribution in [1.29, 1.82) is 5.26 Å². The van der Waals surface area contributed by atoms with Crippen molar-refractivity contribution in [2.75, 3.05) is 11.9 Å². The minimum Gasteiger partial charge on any atom is -0.462 e. The summed E-state index contributed by atoms with van der Waals surface area (Å²) in [4.78, 5) is 0. The SMILES string of the molecule is N#CCCCNc1coc2ccccc12. The van der Waals surface area contributed by atoms with Crippen molar-refractivity contribution in [2.45, 2.75) is 12.8 Å². The van der Waals surface area contributed by atoms with Gasteiger partial charge < -0.3 is 9.73 Å². The Labute approximate surface area is 88.3 Å². The Morgan fingerprint density at radius 2 is 2.20 bits per heavy atom. The number of para-hydroxylation sites is 1. The summed E-state index contributed by atoms with van der Waals surface area (Å²) in [5.41, 5.74) is 1.89. The van der Waals surface area contributed by atoms with E-state index in [0.29, 0.717) is 6.42 Å². The summed E-state index contributed by atoms with van der Waals surface area (Å²) < 4.78 is 5.38. The lowest BCUT2D eigenvalue weighted by atomic mass is 10.2. The normalized spacial score (nSPS) is 10.1. The van der Waals surface area contributed by atoms with Crippen LogP contribution < -0.4 is 5.32 Å². The number of anilines is 1. The Morgan fingerprint density at radius 3 is 3.07 bits per heavy atom. The lowest BCUT2D eigenvalue weighted by Crippen LogP contribution is -1.99. The van der Waals surface area contributed by atoms with Crippen LogP contribution in [0.5, 0.6) is 0 Å². The molecule has 0 bridgehead atoms. The highest BCUT2D eigenvalue weighted by Gasteiger charge is 2.02. The van der Waals surface area contributed by atoms with Crippen molar-refractivity contribution in [3.05, 3.63) is 30.5 Å². The van der Waals surface area contributed by atoms with Crippen LogP contribution in [0.2, 0.25) is 0 Å². The van der Waals surface area contributed by atoms with Crippen LogP contribution >= 0.6 is 0 Å². The molecule has 2 rings (SSSR count). The first-order chi connectivity index (χ1) is 7.42. The third kappa shape index (κ3) is 2.10. The van der Waals surface area contributed by atoms with Gasteiger partial charge in [0.1, 0.15) is 11.8 Å². The Kier molecular flexibility index (Phi) is 2.89. The maximum atomic E-state index is 8.40. The number of benzene rings is 1. The van der Waals surface area contributed by atoms with Gasteiger partial charge in [-0.15, -0.1) is 0 Å². The second-order valence-electron chi connectivity index (χ2n) is 3.33. The highest BCUT2D eigenvalue weighted by Crippen LogP contribution is 2.24. The van der Waals surface area contributed by atoms with E-state index in [1.165, 1.54) is 0 Å². The molecule has 0 amide bonds. The van der Waals surface area contributed by atoms with Gasteiger partial charge in [0.15, 0.2) is 0 Å². The predicted molar refractivity (Wildman–Crippen MR) is 59.6 cm³/mol. The van der Waals surface area contributed by atoms with E-state index in [4.69, 9.17) is 9.68 Å². The largest absolute Gasteiger partial charge is 0.462 e. The van der Waals surface area contributed by atoms with Crippen molar-refractivity contribution in [3.63, 3.8) is 0 Å². The average molecular weight is 200 g/mol. The molecule has 1 N–H and O–H groups in total. The molecule has 1 heterocycles. The van der Waals surface area contributed by atoms with Crippen LogP contribution in [-0.2, 0) is 0 Å². The zero-order valence-electron chi connectivity index (χ0n) is 8.36. The summed E-state index contributed by atoms with van der Waals surface area (Å²) in [6.45, 7) is 0.803. The standard InChI is InChI=1S/C12H12N2O/c13-7-3-4-8-14-11-9-15-12-6-2-1-5-10(11)12/h1-2,5-6,9,14H,3-4,8H2. The van der Waals surface area contributed by atoms with Crippen LogP contribution in [0.1, 0.15) is 12.8 Å². The van der Waals surface area contributed by atoms with Crippen molar-refractivity contribution in [3.8, 4) is 6.07 Å². The third-order valence-corrected chi connectivity index (χ3v) is 2.26. The fraction of sp³-hybridized carbons (Fsp3) is 0.250. The summed E-state index contributed by atoms with van der Waals surface area (Å²) in [7, 11) is 0. The summed E-state index contributed by atoms with van der Waals surface area (Å²) in [6, 6.07) is 10.0. The summed E-state index contributed by atoms with van der Waals surface area (Å²) in [5.74, 6) is 0. The minimum atomic E-state index is 0.586. The summed E-state index contributed by atoms with van der Waals surface area (Å²) >= 11 is 0. The number of nitrogens with one attached hydrogen (secondary N) is 1. The zero-order valence-corrected chi connectivity index (χ0v) is 8.36. The van der Waals surface area contributed by atoms with Crippen molar-refractivity contribution in [2.24, 2.45) is 0 Å². The van der Waals surface area contributed by atoms with E-state index in [9.17, 15) is 0 Å². The smallest absolute Gasteiger partial charge is 0.136 e. The monoisotopic (exact) mass is 200 g/mol. The van der Waals surface area contributed by atoms with Gasteiger partial charge in [-0.3, -0.25) is 0 Å². The minimum absolute atomic E-state index is 0.586. The van der Waals surface area contributed by atoms with Crippen LogP contribution in [0.3, 0.4) is 0 Å². The van der Waals surface area contributed by atoms with Gasteiger partial charge in [-0.25, -0.2) is 0 Å². The average Bonchev–Trinajstić information content (AvgIpc) is 2.68. The molecule has 0 atom stereocenters. The van der Waals surface area contributed by atoms with E-state index in [0.717, 1.165) is 29.6 Å². The van der Waals surface area contributed by atoms with Gasteiger partial charge >= 0.3 is 0 Å². The molecule has 3 heteroatoms. The van der Waals surface area contributed by atoms with Crippen molar-refractivity contribution in [1.82, 2.24) is 0 Å². The molecule has 76 valence electrons. The molecule has 3 nitrogen and oxygen atoms in total. The fourth-order valence-electron chi connectivity index (χ4n) is 1.51. The third-order valence-electron chi connectivity index (χ3n) is 2.26. The van der Waals surface area contributed by atoms with Crippen LogP contribution in [0.25, 0.3) is 11.0 Å². The molecule has 0 unspecified atom stereocenters. The van der Waals surface area contributed by atoms with Crippen LogP contribution in [-0.4, -0.2) is 6.54 Å². The molecule has 0 aliphatic rings. The first kappa shape index (κ1) is 9.60. The number of furan rings is 1. The number of unbranched alkanes of at least 4 members (excludes halogenated alkanes) is 1. The fourth-order valence-corrected chi connectivity index (χ4v) is 1.51. The van der Waals surface area contributed by atoms with Gasteiger partial charge in [-0.05, 0) is 18.6 Å². The first-order valence-corrected chi connectivity index (χ1v) is 4.99. The topological polar surface area (TPSA) is 49.0 Å². The van der Waals surface area contributed by atoms with E-state index in [1.807, 2.05) is 24.3 Å². The Balaban J connectivity index is 2.05. The number of hydrogen-bond donors (Lipinski definition) is 1. The van der Waals surface area contributed by atoms with Gasteiger partial charge in [-0.2, -0.15) is 5.26 Å². The Morgan fingerprint density at radius 1 is 1.33 bits per heavy atom. The molecule has 0 fully saturated rings. The lowest BCUT2D eigenvalue weighted by molar-refractivity contribution is 0.616. The Bertz CT molecular complexity index is 482. The van der Waals surface area contributed by atoms with Gasteiger partial charge in [0.2, 0.25) is 0 Å². The molecule has 1 aromatic heterocycles. The second-order valence-corrected chi connectivity index (χ2v) is 3.33. The molecule has 15 heavy (non-hydrogen) atoms. The predicted octanol–water partition coefficient (Wildman–Crippen LogP) is 3.15. The second kappa shape index (κ2) is 4.52.